The molecular weight excluding hydrogens is 503 g/mol. The number of aromatic nitrogens is 1. The quantitative estimate of drug-likeness (QED) is 0.248. The number of nitrogens with one attached hydrogen (secondary N) is 1. The van der Waals surface area contributed by atoms with Crippen LogP contribution in [0.2, 0.25) is 0 Å². The Balaban J connectivity index is 1.48. The molecule has 0 saturated heterocycles. The van der Waals surface area contributed by atoms with Gasteiger partial charge in [0.05, 0.1) is 30.4 Å². The van der Waals surface area contributed by atoms with E-state index in [0.717, 1.165) is 34.3 Å². The molecule has 196 valence electrons. The minimum atomic E-state index is -3.56. The van der Waals surface area contributed by atoms with Crippen molar-refractivity contribution in [2.45, 2.75) is 27.3 Å². The molecule has 9 heteroatoms. The largest absolute Gasteiger partial charge is 0.315 e. The Kier molecular flexibility index (Phi) is 7.78. The lowest BCUT2D eigenvalue weighted by Crippen LogP contribution is -2.29. The summed E-state index contributed by atoms with van der Waals surface area (Å²) in [5.41, 5.74) is 7.95. The molecule has 0 aliphatic heterocycles. The number of rotatable bonds is 8. The van der Waals surface area contributed by atoms with Crippen LogP contribution in [0, 0.1) is 26.6 Å². The van der Waals surface area contributed by atoms with Gasteiger partial charge in [0.2, 0.25) is 10.0 Å². The van der Waals surface area contributed by atoms with Crippen LogP contribution in [-0.2, 0) is 16.6 Å². The molecule has 0 radical (unpaired) electrons. The highest BCUT2D eigenvalue weighted by Crippen LogP contribution is 2.23. The second-order valence-electron chi connectivity index (χ2n) is 9.06. The normalized spacial score (nSPS) is 11.6. The topological polar surface area (TPSA) is 83.8 Å². The van der Waals surface area contributed by atoms with Gasteiger partial charge in [-0.05, 0) is 74.4 Å². The molecule has 1 aromatic heterocycles. The van der Waals surface area contributed by atoms with E-state index in [-0.39, 0.29) is 12.4 Å². The molecule has 1 heterocycles. The van der Waals surface area contributed by atoms with Crippen molar-refractivity contribution in [3.05, 3.63) is 118 Å². The van der Waals surface area contributed by atoms with Gasteiger partial charge in [0, 0.05) is 22.5 Å². The first kappa shape index (κ1) is 26.8. The number of hydrogen-bond donors (Lipinski definition) is 1. The predicted molar refractivity (Wildman–Crippen MR) is 149 cm³/mol. The van der Waals surface area contributed by atoms with Crippen molar-refractivity contribution in [3.63, 3.8) is 0 Å². The summed E-state index contributed by atoms with van der Waals surface area (Å²) in [6.45, 7) is 5.84. The zero-order chi connectivity index (χ0) is 27.4. The molecule has 0 aliphatic carbocycles. The Labute approximate surface area is 222 Å². The standard InChI is InChI=1S/C29H29FN4O3S/c1-20-9-5-6-10-24(20)19-33(38(4,36)37)26-15-13-23(14-16-26)29(35)32-31-18-25-17-21(2)34(22(25)3)28-12-8-7-11-27(28)30/h5-18H,19H2,1-4H3,(H,32,35)/b31-18-. The maximum Gasteiger partial charge on any atom is 0.271 e. The van der Waals surface area contributed by atoms with Crippen molar-refractivity contribution in [2.24, 2.45) is 5.10 Å². The van der Waals surface area contributed by atoms with Gasteiger partial charge in [0.15, 0.2) is 0 Å². The Morgan fingerprint density at radius 2 is 1.66 bits per heavy atom. The second kappa shape index (κ2) is 11.0. The van der Waals surface area contributed by atoms with Gasteiger partial charge in [-0.2, -0.15) is 5.10 Å². The highest BCUT2D eigenvalue weighted by Gasteiger charge is 2.19. The van der Waals surface area contributed by atoms with Crippen LogP contribution in [0.1, 0.15) is 38.4 Å². The van der Waals surface area contributed by atoms with Crippen LogP contribution in [0.3, 0.4) is 0 Å². The van der Waals surface area contributed by atoms with Gasteiger partial charge in [-0.1, -0.05) is 36.4 Å². The van der Waals surface area contributed by atoms with Crippen molar-refractivity contribution in [1.82, 2.24) is 9.99 Å². The third-order valence-electron chi connectivity index (χ3n) is 6.33. The van der Waals surface area contributed by atoms with E-state index in [1.807, 2.05) is 51.1 Å². The summed E-state index contributed by atoms with van der Waals surface area (Å²) in [6.07, 6.45) is 2.67. The molecule has 38 heavy (non-hydrogen) atoms. The highest BCUT2D eigenvalue weighted by molar-refractivity contribution is 7.92. The number of benzene rings is 3. The monoisotopic (exact) mass is 532 g/mol. The second-order valence-corrected chi connectivity index (χ2v) is 11.0. The summed E-state index contributed by atoms with van der Waals surface area (Å²) in [7, 11) is -3.56. The SMILES string of the molecule is Cc1ccccc1CN(c1ccc(C(=O)N/N=C\c2cc(C)n(-c3ccccc3F)c2C)cc1)S(C)(=O)=O. The Hall–Kier alpha value is -4.24. The lowest BCUT2D eigenvalue weighted by molar-refractivity contribution is 0.0955. The summed E-state index contributed by atoms with van der Waals surface area (Å²) in [5.74, 6) is -0.775. The van der Waals surface area contributed by atoms with E-state index in [1.54, 1.807) is 47.0 Å². The van der Waals surface area contributed by atoms with Gasteiger partial charge in [-0.25, -0.2) is 18.2 Å². The van der Waals surface area contributed by atoms with Crippen LogP contribution in [0.4, 0.5) is 10.1 Å². The van der Waals surface area contributed by atoms with Crippen LogP contribution in [-0.4, -0.2) is 31.4 Å². The van der Waals surface area contributed by atoms with Crippen molar-refractivity contribution in [2.75, 3.05) is 10.6 Å². The molecule has 0 atom stereocenters. The average Bonchev–Trinajstić information content (AvgIpc) is 3.15. The maximum atomic E-state index is 14.3. The molecule has 4 rings (SSSR count). The van der Waals surface area contributed by atoms with Crippen molar-refractivity contribution >= 4 is 27.8 Å². The van der Waals surface area contributed by atoms with Gasteiger partial charge in [-0.3, -0.25) is 9.10 Å². The van der Waals surface area contributed by atoms with E-state index in [9.17, 15) is 17.6 Å². The molecule has 4 aromatic rings. The number of anilines is 1. The van der Waals surface area contributed by atoms with E-state index < -0.39 is 15.9 Å². The molecule has 0 bridgehead atoms. The number of amides is 1. The van der Waals surface area contributed by atoms with E-state index in [1.165, 1.54) is 16.6 Å². The van der Waals surface area contributed by atoms with E-state index >= 15 is 0 Å². The molecule has 3 aromatic carbocycles. The van der Waals surface area contributed by atoms with Crippen LogP contribution in [0.25, 0.3) is 5.69 Å². The lowest BCUT2D eigenvalue weighted by atomic mass is 10.1. The number of hydrazone groups is 1. The molecule has 1 amide bonds. The number of para-hydroxylation sites is 1. The molecular formula is C29H29FN4O3S. The minimum absolute atomic E-state index is 0.187. The molecule has 7 nitrogen and oxygen atoms in total. The molecule has 0 aliphatic rings. The fourth-order valence-electron chi connectivity index (χ4n) is 4.27. The number of hydrogen-bond acceptors (Lipinski definition) is 4. The van der Waals surface area contributed by atoms with Gasteiger partial charge >= 0.3 is 0 Å². The predicted octanol–water partition coefficient (Wildman–Crippen LogP) is 5.27. The van der Waals surface area contributed by atoms with Crippen LogP contribution >= 0.6 is 0 Å². The van der Waals surface area contributed by atoms with Gasteiger partial charge in [0.1, 0.15) is 5.82 Å². The van der Waals surface area contributed by atoms with E-state index in [4.69, 9.17) is 0 Å². The summed E-state index contributed by atoms with van der Waals surface area (Å²) >= 11 is 0. The number of carbonyl (C=O) groups excluding carboxylic acids is 1. The van der Waals surface area contributed by atoms with Gasteiger partial charge < -0.3 is 4.57 Å². The highest BCUT2D eigenvalue weighted by atomic mass is 32.2. The average molecular weight is 533 g/mol. The lowest BCUT2D eigenvalue weighted by Gasteiger charge is -2.23. The minimum Gasteiger partial charge on any atom is -0.315 e. The van der Waals surface area contributed by atoms with Crippen molar-refractivity contribution in [3.8, 4) is 5.69 Å². The van der Waals surface area contributed by atoms with Crippen LogP contribution < -0.4 is 9.73 Å². The molecule has 1 N–H and O–H groups in total. The Bertz CT molecular complexity index is 1610. The van der Waals surface area contributed by atoms with Crippen molar-refractivity contribution < 1.29 is 17.6 Å². The number of nitrogens with zero attached hydrogens (tertiary/aromatic N) is 3. The number of halogens is 1. The van der Waals surface area contributed by atoms with Crippen LogP contribution in [0.5, 0.6) is 0 Å². The maximum absolute atomic E-state index is 14.3. The first-order valence-corrected chi connectivity index (χ1v) is 13.8. The zero-order valence-corrected chi connectivity index (χ0v) is 22.5. The first-order valence-electron chi connectivity index (χ1n) is 12.0. The number of carbonyl (C=O) groups is 1. The van der Waals surface area contributed by atoms with Crippen LogP contribution in [0.15, 0.2) is 84.0 Å². The van der Waals surface area contributed by atoms with Gasteiger partial charge in [0.25, 0.3) is 5.91 Å². The third-order valence-corrected chi connectivity index (χ3v) is 7.47. The number of sulfonamides is 1. The van der Waals surface area contributed by atoms with Gasteiger partial charge in [-0.15, -0.1) is 0 Å². The smallest absolute Gasteiger partial charge is 0.271 e. The third kappa shape index (κ3) is 5.84. The summed E-state index contributed by atoms with van der Waals surface area (Å²) < 4.78 is 42.4. The summed E-state index contributed by atoms with van der Waals surface area (Å²) in [4.78, 5) is 12.7. The van der Waals surface area contributed by atoms with Crippen molar-refractivity contribution in [1.29, 1.82) is 0 Å². The zero-order valence-electron chi connectivity index (χ0n) is 21.6. The molecule has 0 unspecified atom stereocenters. The summed E-state index contributed by atoms with van der Waals surface area (Å²) in [6, 6.07) is 22.3. The Morgan fingerprint density at radius 3 is 2.32 bits per heavy atom. The van der Waals surface area contributed by atoms with E-state index in [0.29, 0.717) is 16.9 Å². The first-order chi connectivity index (χ1) is 18.1. The molecule has 0 fully saturated rings. The summed E-state index contributed by atoms with van der Waals surface area (Å²) in [5, 5.41) is 4.07. The fourth-order valence-corrected chi connectivity index (χ4v) is 5.15. The van der Waals surface area contributed by atoms with E-state index in [2.05, 4.69) is 10.5 Å². The molecule has 0 saturated carbocycles. The fraction of sp³-hybridized carbons (Fsp3) is 0.172. The molecule has 0 spiro atoms. The Morgan fingerprint density at radius 1 is 1.00 bits per heavy atom. The number of aryl methyl sites for hydroxylation is 2.